The Hall–Kier alpha value is -0.880. The Bertz CT molecular complexity index is 523. The van der Waals surface area contributed by atoms with Gasteiger partial charge in [0, 0.05) is 13.1 Å². The van der Waals surface area contributed by atoms with E-state index in [1.165, 1.54) is 11.3 Å². The van der Waals surface area contributed by atoms with Crippen molar-refractivity contribution in [2.75, 3.05) is 13.1 Å². The SMILES string of the molecule is Cc1cc(C(=O)N2CCCC3C(=O)NCC32)sc1Br. The first-order chi connectivity index (χ1) is 9.08. The second-order valence-corrected chi connectivity index (χ2v) is 7.50. The van der Waals surface area contributed by atoms with Crippen LogP contribution in [0.1, 0.15) is 28.1 Å². The van der Waals surface area contributed by atoms with Crippen molar-refractivity contribution < 1.29 is 9.59 Å². The zero-order valence-electron chi connectivity index (χ0n) is 10.6. The van der Waals surface area contributed by atoms with Crippen molar-refractivity contribution in [3.05, 3.63) is 20.3 Å². The number of fused-ring (bicyclic) bond motifs is 1. The van der Waals surface area contributed by atoms with Gasteiger partial charge in [0.05, 0.1) is 20.6 Å². The maximum absolute atomic E-state index is 12.6. The molecule has 0 aliphatic carbocycles. The van der Waals surface area contributed by atoms with Gasteiger partial charge in [-0.2, -0.15) is 0 Å². The van der Waals surface area contributed by atoms with Crippen LogP contribution in [0.3, 0.4) is 0 Å². The van der Waals surface area contributed by atoms with Gasteiger partial charge in [0.2, 0.25) is 5.91 Å². The van der Waals surface area contributed by atoms with Crippen LogP contribution in [0.2, 0.25) is 0 Å². The van der Waals surface area contributed by atoms with Crippen LogP contribution in [0, 0.1) is 12.8 Å². The van der Waals surface area contributed by atoms with Gasteiger partial charge in [-0.15, -0.1) is 11.3 Å². The Labute approximate surface area is 124 Å². The number of carbonyl (C=O) groups is 2. The molecule has 2 aliphatic rings. The second kappa shape index (κ2) is 4.90. The fourth-order valence-electron chi connectivity index (χ4n) is 2.91. The third-order valence-corrected chi connectivity index (χ3v) is 6.05. The monoisotopic (exact) mass is 342 g/mol. The highest BCUT2D eigenvalue weighted by Crippen LogP contribution is 2.32. The number of amides is 2. The molecule has 3 rings (SSSR count). The summed E-state index contributed by atoms with van der Waals surface area (Å²) in [4.78, 5) is 26.9. The molecule has 0 radical (unpaired) electrons. The highest BCUT2D eigenvalue weighted by Gasteiger charge is 2.42. The third-order valence-electron chi connectivity index (χ3n) is 3.93. The van der Waals surface area contributed by atoms with Crippen molar-refractivity contribution >= 4 is 39.1 Å². The number of nitrogens with one attached hydrogen (secondary N) is 1. The van der Waals surface area contributed by atoms with Gasteiger partial charge in [-0.25, -0.2) is 0 Å². The van der Waals surface area contributed by atoms with E-state index in [0.717, 1.165) is 33.6 Å². The van der Waals surface area contributed by atoms with Crippen molar-refractivity contribution in [3.63, 3.8) is 0 Å². The second-order valence-electron chi connectivity index (χ2n) is 5.13. The fourth-order valence-corrected chi connectivity index (χ4v) is 4.40. The summed E-state index contributed by atoms with van der Waals surface area (Å²) >= 11 is 4.93. The van der Waals surface area contributed by atoms with Gasteiger partial charge in [-0.1, -0.05) is 0 Å². The normalized spacial score (nSPS) is 26.2. The van der Waals surface area contributed by atoms with Gasteiger partial charge >= 0.3 is 0 Å². The summed E-state index contributed by atoms with van der Waals surface area (Å²) in [7, 11) is 0. The lowest BCUT2D eigenvalue weighted by Gasteiger charge is -2.35. The number of carbonyl (C=O) groups excluding carboxylic acids is 2. The number of hydrogen-bond donors (Lipinski definition) is 1. The van der Waals surface area contributed by atoms with E-state index in [0.29, 0.717) is 6.54 Å². The molecule has 2 amide bonds. The smallest absolute Gasteiger partial charge is 0.264 e. The Morgan fingerprint density at radius 3 is 3.05 bits per heavy atom. The lowest BCUT2D eigenvalue weighted by Crippen LogP contribution is -2.48. The molecule has 6 heteroatoms. The minimum atomic E-state index is -0.0119. The fraction of sp³-hybridized carbons (Fsp3) is 0.538. The van der Waals surface area contributed by atoms with E-state index in [1.807, 2.05) is 17.9 Å². The Balaban J connectivity index is 1.85. The van der Waals surface area contributed by atoms with E-state index in [4.69, 9.17) is 0 Å². The molecule has 2 aliphatic heterocycles. The van der Waals surface area contributed by atoms with Crippen molar-refractivity contribution in [2.24, 2.45) is 5.92 Å². The Morgan fingerprint density at radius 1 is 1.58 bits per heavy atom. The molecule has 1 N–H and O–H groups in total. The number of piperidine rings is 1. The summed E-state index contributed by atoms with van der Waals surface area (Å²) < 4.78 is 1.00. The molecule has 2 saturated heterocycles. The van der Waals surface area contributed by atoms with E-state index < -0.39 is 0 Å². The standard InChI is InChI=1S/C13H15BrN2O2S/c1-7-5-10(19-11(7)14)13(18)16-4-2-3-8-9(16)6-15-12(8)17/h5,8-9H,2-4,6H2,1H3,(H,15,17). The van der Waals surface area contributed by atoms with Crippen LogP contribution in [0.5, 0.6) is 0 Å². The van der Waals surface area contributed by atoms with Crippen LogP contribution in [-0.2, 0) is 4.79 Å². The van der Waals surface area contributed by atoms with E-state index in [9.17, 15) is 9.59 Å². The zero-order chi connectivity index (χ0) is 13.6. The molecule has 0 saturated carbocycles. The highest BCUT2D eigenvalue weighted by atomic mass is 79.9. The molecule has 0 aromatic carbocycles. The van der Waals surface area contributed by atoms with Gasteiger partial charge in [-0.3, -0.25) is 9.59 Å². The van der Waals surface area contributed by atoms with Crippen molar-refractivity contribution in [2.45, 2.75) is 25.8 Å². The molecule has 2 atom stereocenters. The number of likely N-dealkylation sites (tertiary alicyclic amines) is 1. The van der Waals surface area contributed by atoms with Gasteiger partial charge in [0.1, 0.15) is 0 Å². The zero-order valence-corrected chi connectivity index (χ0v) is 13.0. The summed E-state index contributed by atoms with van der Waals surface area (Å²) in [5.74, 6) is 0.151. The molecule has 3 heterocycles. The molecule has 102 valence electrons. The van der Waals surface area contributed by atoms with E-state index in [-0.39, 0.29) is 23.8 Å². The molecule has 1 aromatic heterocycles. The van der Waals surface area contributed by atoms with Crippen molar-refractivity contribution in [1.82, 2.24) is 10.2 Å². The molecule has 0 bridgehead atoms. The van der Waals surface area contributed by atoms with Crippen LogP contribution in [0.15, 0.2) is 9.85 Å². The minimum Gasteiger partial charge on any atom is -0.354 e. The molecule has 2 unspecified atom stereocenters. The molecular weight excluding hydrogens is 328 g/mol. The molecule has 2 fully saturated rings. The third kappa shape index (κ3) is 2.21. The average molecular weight is 343 g/mol. The van der Waals surface area contributed by atoms with Crippen LogP contribution in [0.4, 0.5) is 0 Å². The summed E-state index contributed by atoms with van der Waals surface area (Å²) in [6.45, 7) is 3.33. The summed E-state index contributed by atoms with van der Waals surface area (Å²) in [5, 5.41) is 2.88. The van der Waals surface area contributed by atoms with Crippen LogP contribution < -0.4 is 5.32 Å². The van der Waals surface area contributed by atoms with Crippen LogP contribution in [0.25, 0.3) is 0 Å². The Morgan fingerprint density at radius 2 is 2.37 bits per heavy atom. The molecule has 4 nitrogen and oxygen atoms in total. The Kier molecular flexibility index (Phi) is 3.39. The van der Waals surface area contributed by atoms with Gasteiger partial charge in [0.25, 0.3) is 5.91 Å². The quantitative estimate of drug-likeness (QED) is 0.850. The van der Waals surface area contributed by atoms with Crippen molar-refractivity contribution in [3.8, 4) is 0 Å². The van der Waals surface area contributed by atoms with E-state index in [2.05, 4.69) is 21.2 Å². The van der Waals surface area contributed by atoms with Crippen molar-refractivity contribution in [1.29, 1.82) is 0 Å². The van der Waals surface area contributed by atoms with E-state index in [1.54, 1.807) is 0 Å². The molecular formula is C13H15BrN2O2S. The topological polar surface area (TPSA) is 49.4 Å². The summed E-state index contributed by atoms with van der Waals surface area (Å²) in [6, 6.07) is 1.96. The maximum Gasteiger partial charge on any atom is 0.264 e. The largest absolute Gasteiger partial charge is 0.354 e. The first kappa shape index (κ1) is 13.1. The highest BCUT2D eigenvalue weighted by molar-refractivity contribution is 9.11. The maximum atomic E-state index is 12.6. The number of thiophene rings is 1. The number of rotatable bonds is 1. The number of halogens is 1. The summed E-state index contributed by atoms with van der Waals surface area (Å²) in [5.41, 5.74) is 1.09. The lowest BCUT2D eigenvalue weighted by atomic mass is 9.91. The predicted molar refractivity (Wildman–Crippen MR) is 77.3 cm³/mol. The average Bonchev–Trinajstić information content (AvgIpc) is 2.93. The molecule has 1 aromatic rings. The van der Waals surface area contributed by atoms with Crippen LogP contribution >= 0.6 is 27.3 Å². The number of hydrogen-bond acceptors (Lipinski definition) is 3. The van der Waals surface area contributed by atoms with E-state index >= 15 is 0 Å². The molecule has 19 heavy (non-hydrogen) atoms. The first-order valence-corrected chi connectivity index (χ1v) is 8.03. The lowest BCUT2D eigenvalue weighted by molar-refractivity contribution is -0.123. The summed E-state index contributed by atoms with van der Waals surface area (Å²) in [6.07, 6.45) is 1.80. The van der Waals surface area contributed by atoms with Gasteiger partial charge in [-0.05, 0) is 47.3 Å². The minimum absolute atomic E-state index is 0.0119. The predicted octanol–water partition coefficient (Wildman–Crippen LogP) is 2.17. The molecule has 0 spiro atoms. The van der Waals surface area contributed by atoms with Crippen LogP contribution in [-0.4, -0.2) is 35.8 Å². The van der Waals surface area contributed by atoms with Gasteiger partial charge < -0.3 is 10.2 Å². The number of aryl methyl sites for hydroxylation is 1. The first-order valence-electron chi connectivity index (χ1n) is 6.42. The van der Waals surface area contributed by atoms with Gasteiger partial charge in [0.15, 0.2) is 0 Å². The number of nitrogens with zero attached hydrogens (tertiary/aromatic N) is 1.